The summed E-state index contributed by atoms with van der Waals surface area (Å²) in [6.07, 6.45) is 0. The Morgan fingerprint density at radius 2 is 1.78 bits per heavy atom. The lowest BCUT2D eigenvalue weighted by Crippen LogP contribution is -2.11. The maximum atomic E-state index is 12.3. The molecule has 0 aliphatic heterocycles. The van der Waals surface area contributed by atoms with E-state index in [0.29, 0.717) is 28.6 Å². The van der Waals surface area contributed by atoms with E-state index in [9.17, 15) is 14.9 Å². The van der Waals surface area contributed by atoms with Gasteiger partial charge in [-0.2, -0.15) is 0 Å². The Bertz CT molecular complexity index is 974. The SMILES string of the molecule is O=C(Nc1cccc([N+](=O)[O-])c1)c1ccc(OCc2ccccc2Cl)cc1. The number of carbonyl (C=O) groups excluding carboxylic acids is 1. The summed E-state index contributed by atoms with van der Waals surface area (Å²) < 4.78 is 5.68. The number of amides is 1. The topological polar surface area (TPSA) is 81.5 Å². The smallest absolute Gasteiger partial charge is 0.271 e. The van der Waals surface area contributed by atoms with Crippen LogP contribution in [0.2, 0.25) is 5.02 Å². The van der Waals surface area contributed by atoms with Crippen LogP contribution in [-0.2, 0) is 6.61 Å². The number of nitrogens with one attached hydrogen (secondary N) is 1. The van der Waals surface area contributed by atoms with Gasteiger partial charge in [0.15, 0.2) is 0 Å². The van der Waals surface area contributed by atoms with E-state index in [1.807, 2.05) is 18.2 Å². The fraction of sp³-hybridized carbons (Fsp3) is 0.0500. The first-order chi connectivity index (χ1) is 13.0. The average Bonchev–Trinajstić information content (AvgIpc) is 2.68. The van der Waals surface area contributed by atoms with E-state index in [2.05, 4.69) is 5.32 Å². The van der Waals surface area contributed by atoms with E-state index >= 15 is 0 Å². The van der Waals surface area contributed by atoms with Gasteiger partial charge in [0.25, 0.3) is 11.6 Å². The number of non-ortho nitro benzene ring substituents is 1. The third-order valence-electron chi connectivity index (χ3n) is 3.78. The zero-order valence-electron chi connectivity index (χ0n) is 14.1. The van der Waals surface area contributed by atoms with Gasteiger partial charge in [0, 0.05) is 34.0 Å². The number of carbonyl (C=O) groups is 1. The van der Waals surface area contributed by atoms with Crippen LogP contribution < -0.4 is 10.1 Å². The highest BCUT2D eigenvalue weighted by Crippen LogP contribution is 2.20. The molecule has 0 spiro atoms. The van der Waals surface area contributed by atoms with E-state index in [1.54, 1.807) is 36.4 Å². The van der Waals surface area contributed by atoms with Crippen molar-refractivity contribution in [1.82, 2.24) is 0 Å². The van der Waals surface area contributed by atoms with E-state index < -0.39 is 4.92 Å². The Morgan fingerprint density at radius 3 is 2.48 bits per heavy atom. The summed E-state index contributed by atoms with van der Waals surface area (Å²) in [4.78, 5) is 22.6. The normalized spacial score (nSPS) is 10.3. The van der Waals surface area contributed by atoms with Crippen LogP contribution in [0.1, 0.15) is 15.9 Å². The second-order valence-corrected chi connectivity index (χ2v) is 6.07. The molecular formula is C20H15ClN2O4. The number of ether oxygens (including phenoxy) is 1. The zero-order chi connectivity index (χ0) is 19.2. The summed E-state index contributed by atoms with van der Waals surface area (Å²) in [6.45, 7) is 0.318. The van der Waals surface area contributed by atoms with E-state index in [1.165, 1.54) is 18.2 Å². The van der Waals surface area contributed by atoms with Crippen molar-refractivity contribution in [3.05, 3.63) is 99.1 Å². The number of hydrogen-bond acceptors (Lipinski definition) is 4. The number of nitrogens with zero attached hydrogens (tertiary/aromatic N) is 1. The minimum atomic E-state index is -0.513. The van der Waals surface area contributed by atoms with Gasteiger partial charge in [0.05, 0.1) is 4.92 Å². The van der Waals surface area contributed by atoms with Gasteiger partial charge in [-0.15, -0.1) is 0 Å². The molecule has 3 aromatic carbocycles. The molecule has 0 radical (unpaired) electrons. The predicted octanol–water partition coefficient (Wildman–Crippen LogP) is 5.08. The second-order valence-electron chi connectivity index (χ2n) is 5.67. The molecule has 0 saturated carbocycles. The van der Waals surface area contributed by atoms with Crippen LogP contribution in [0.3, 0.4) is 0 Å². The monoisotopic (exact) mass is 382 g/mol. The molecule has 7 heteroatoms. The standard InChI is InChI=1S/C20H15ClN2O4/c21-19-7-2-1-4-15(19)13-27-18-10-8-14(9-11-18)20(24)22-16-5-3-6-17(12-16)23(25)26/h1-12H,13H2,(H,22,24). The molecule has 0 aromatic heterocycles. The quantitative estimate of drug-likeness (QED) is 0.476. The zero-order valence-corrected chi connectivity index (χ0v) is 14.8. The van der Waals surface area contributed by atoms with E-state index in [4.69, 9.17) is 16.3 Å². The van der Waals surface area contributed by atoms with E-state index in [-0.39, 0.29) is 11.6 Å². The minimum absolute atomic E-state index is 0.0869. The Morgan fingerprint density at radius 1 is 1.04 bits per heavy atom. The van der Waals surface area contributed by atoms with Crippen molar-refractivity contribution < 1.29 is 14.5 Å². The van der Waals surface area contributed by atoms with Crippen molar-refractivity contribution in [2.45, 2.75) is 6.61 Å². The van der Waals surface area contributed by atoms with Crippen LogP contribution in [0, 0.1) is 10.1 Å². The predicted molar refractivity (Wildman–Crippen MR) is 103 cm³/mol. The minimum Gasteiger partial charge on any atom is -0.489 e. The fourth-order valence-electron chi connectivity index (χ4n) is 2.38. The largest absolute Gasteiger partial charge is 0.489 e. The van der Waals surface area contributed by atoms with Crippen LogP contribution in [0.4, 0.5) is 11.4 Å². The fourth-order valence-corrected chi connectivity index (χ4v) is 2.57. The number of hydrogen-bond donors (Lipinski definition) is 1. The van der Waals surface area contributed by atoms with Crippen molar-refractivity contribution in [2.75, 3.05) is 5.32 Å². The molecule has 0 aliphatic carbocycles. The number of nitro benzene ring substituents is 1. The van der Waals surface area contributed by atoms with Crippen LogP contribution in [0.15, 0.2) is 72.8 Å². The summed E-state index contributed by atoms with van der Waals surface area (Å²) in [5, 5.41) is 14.1. The molecule has 27 heavy (non-hydrogen) atoms. The van der Waals surface area contributed by atoms with Gasteiger partial charge in [0.2, 0.25) is 0 Å². The Kier molecular flexibility index (Phi) is 5.68. The Balaban J connectivity index is 1.63. The molecule has 0 atom stereocenters. The molecule has 6 nitrogen and oxygen atoms in total. The van der Waals surface area contributed by atoms with Gasteiger partial charge in [-0.3, -0.25) is 14.9 Å². The van der Waals surface area contributed by atoms with Crippen molar-refractivity contribution >= 4 is 28.9 Å². The molecule has 0 saturated heterocycles. The highest BCUT2D eigenvalue weighted by atomic mass is 35.5. The van der Waals surface area contributed by atoms with Gasteiger partial charge in [0.1, 0.15) is 12.4 Å². The van der Waals surface area contributed by atoms with Crippen LogP contribution >= 0.6 is 11.6 Å². The molecular weight excluding hydrogens is 368 g/mol. The molecule has 0 heterocycles. The summed E-state index contributed by atoms with van der Waals surface area (Å²) in [6, 6.07) is 19.8. The molecule has 1 N–H and O–H groups in total. The number of halogens is 1. The lowest BCUT2D eigenvalue weighted by atomic mass is 10.2. The first-order valence-corrected chi connectivity index (χ1v) is 8.43. The van der Waals surface area contributed by atoms with Crippen LogP contribution in [0.5, 0.6) is 5.75 Å². The molecule has 0 aliphatic rings. The number of anilines is 1. The number of rotatable bonds is 6. The van der Waals surface area contributed by atoms with Crippen LogP contribution in [0.25, 0.3) is 0 Å². The lowest BCUT2D eigenvalue weighted by Gasteiger charge is -2.09. The highest BCUT2D eigenvalue weighted by Gasteiger charge is 2.10. The van der Waals surface area contributed by atoms with Gasteiger partial charge < -0.3 is 10.1 Å². The molecule has 3 aromatic rings. The summed E-state index contributed by atoms with van der Waals surface area (Å²) in [5.74, 6) is 0.231. The van der Waals surface area contributed by atoms with Gasteiger partial charge in [-0.1, -0.05) is 35.9 Å². The molecule has 136 valence electrons. The molecule has 0 fully saturated rings. The number of nitro groups is 1. The molecule has 0 unspecified atom stereocenters. The Hall–Kier alpha value is -3.38. The lowest BCUT2D eigenvalue weighted by molar-refractivity contribution is -0.384. The van der Waals surface area contributed by atoms with Gasteiger partial charge >= 0.3 is 0 Å². The van der Waals surface area contributed by atoms with Crippen molar-refractivity contribution in [3.8, 4) is 5.75 Å². The summed E-state index contributed by atoms with van der Waals surface area (Å²) in [5.41, 5.74) is 1.54. The Labute approximate surface area is 160 Å². The molecule has 0 bridgehead atoms. The molecule has 1 amide bonds. The third-order valence-corrected chi connectivity index (χ3v) is 4.15. The maximum absolute atomic E-state index is 12.3. The molecule has 3 rings (SSSR count). The van der Waals surface area contributed by atoms with Gasteiger partial charge in [-0.05, 0) is 36.4 Å². The summed E-state index contributed by atoms with van der Waals surface area (Å²) in [7, 11) is 0. The van der Waals surface area contributed by atoms with Crippen molar-refractivity contribution in [1.29, 1.82) is 0 Å². The number of benzene rings is 3. The van der Waals surface area contributed by atoms with Crippen molar-refractivity contribution in [2.24, 2.45) is 0 Å². The third kappa shape index (κ3) is 4.83. The summed E-state index contributed by atoms with van der Waals surface area (Å²) >= 11 is 6.09. The van der Waals surface area contributed by atoms with Crippen LogP contribution in [-0.4, -0.2) is 10.8 Å². The first kappa shape index (κ1) is 18.4. The first-order valence-electron chi connectivity index (χ1n) is 8.05. The van der Waals surface area contributed by atoms with Crippen molar-refractivity contribution in [3.63, 3.8) is 0 Å². The van der Waals surface area contributed by atoms with Gasteiger partial charge in [-0.25, -0.2) is 0 Å². The second kappa shape index (κ2) is 8.33. The maximum Gasteiger partial charge on any atom is 0.271 e. The van der Waals surface area contributed by atoms with E-state index in [0.717, 1.165) is 5.56 Å². The average molecular weight is 383 g/mol. The highest BCUT2D eigenvalue weighted by molar-refractivity contribution is 6.31.